The van der Waals surface area contributed by atoms with Gasteiger partial charge in [-0.25, -0.2) is 0 Å². The number of para-hydroxylation sites is 1. The molecular weight excluding hydrogens is 407 g/mol. The Kier molecular flexibility index (Phi) is 5.60. The van der Waals surface area contributed by atoms with Crippen molar-refractivity contribution in [3.05, 3.63) is 65.4 Å². The van der Waals surface area contributed by atoms with Crippen LogP contribution in [0.4, 0.5) is 19.1 Å². The molecule has 0 bridgehead atoms. The van der Waals surface area contributed by atoms with Gasteiger partial charge < -0.3 is 19.6 Å². The first-order chi connectivity index (χ1) is 14.7. The van der Waals surface area contributed by atoms with Gasteiger partial charge >= 0.3 is 6.18 Å². The molecule has 1 aliphatic rings. The predicted molar refractivity (Wildman–Crippen MR) is 112 cm³/mol. The Bertz CT molecular complexity index is 1050. The van der Waals surface area contributed by atoms with Crippen LogP contribution in [0.2, 0.25) is 0 Å². The Balaban J connectivity index is 1.86. The second-order valence-corrected chi connectivity index (χ2v) is 8.01. The predicted octanol–water partition coefficient (Wildman–Crippen LogP) is 6.62. The Labute approximate surface area is 178 Å². The second-order valence-electron chi connectivity index (χ2n) is 8.01. The van der Waals surface area contributed by atoms with Crippen molar-refractivity contribution in [2.45, 2.75) is 51.4 Å². The van der Waals surface area contributed by atoms with E-state index < -0.39 is 17.8 Å². The van der Waals surface area contributed by atoms with Crippen LogP contribution in [-0.2, 0) is 12.6 Å². The van der Waals surface area contributed by atoms with Gasteiger partial charge in [0.2, 0.25) is 5.88 Å². The molecule has 1 saturated carbocycles. The monoisotopic (exact) mass is 431 g/mol. The van der Waals surface area contributed by atoms with E-state index in [2.05, 4.69) is 5.32 Å². The van der Waals surface area contributed by atoms with Crippen molar-refractivity contribution in [2.24, 2.45) is 0 Å². The van der Waals surface area contributed by atoms with Crippen LogP contribution in [0.5, 0.6) is 11.5 Å². The maximum Gasteiger partial charge on any atom is 0.419 e. The summed E-state index contributed by atoms with van der Waals surface area (Å²) in [4.78, 5) is 0. The summed E-state index contributed by atoms with van der Waals surface area (Å²) in [6, 6.07) is 13.4. The highest BCUT2D eigenvalue weighted by molar-refractivity contribution is 5.86. The molecule has 31 heavy (non-hydrogen) atoms. The standard InChI is InChI=1S/C24H24F3NO3/c1-14(2)30-22-17(9-6-10-18(22)24(25,26)27)20-21(29)19(13-15-7-4-3-5-8-15)31-23(20)28-16-11-12-16/h3-10,14,16,28-29H,11-13H2,1-2H3. The van der Waals surface area contributed by atoms with Gasteiger partial charge in [-0.3, -0.25) is 0 Å². The fourth-order valence-electron chi connectivity index (χ4n) is 3.45. The minimum atomic E-state index is -4.60. The first kappa shape index (κ1) is 21.2. The highest BCUT2D eigenvalue weighted by Gasteiger charge is 2.37. The van der Waals surface area contributed by atoms with Gasteiger partial charge in [-0.05, 0) is 38.3 Å². The summed E-state index contributed by atoms with van der Waals surface area (Å²) >= 11 is 0. The summed E-state index contributed by atoms with van der Waals surface area (Å²) in [6.07, 6.45) is -2.90. The van der Waals surface area contributed by atoms with Crippen molar-refractivity contribution in [3.63, 3.8) is 0 Å². The zero-order valence-corrected chi connectivity index (χ0v) is 17.3. The van der Waals surface area contributed by atoms with Gasteiger partial charge in [-0.15, -0.1) is 0 Å². The number of alkyl halides is 3. The molecule has 1 heterocycles. The number of benzene rings is 2. The smallest absolute Gasteiger partial charge is 0.419 e. The van der Waals surface area contributed by atoms with Crippen molar-refractivity contribution in [2.75, 3.05) is 5.32 Å². The number of nitrogens with one attached hydrogen (secondary N) is 1. The van der Waals surface area contributed by atoms with Crippen LogP contribution in [0, 0.1) is 0 Å². The van der Waals surface area contributed by atoms with Crippen molar-refractivity contribution in [3.8, 4) is 22.6 Å². The molecule has 7 heteroatoms. The number of aromatic hydroxyl groups is 1. The Morgan fingerprint density at radius 2 is 1.81 bits per heavy atom. The molecule has 2 N–H and O–H groups in total. The van der Waals surface area contributed by atoms with E-state index in [1.807, 2.05) is 30.3 Å². The highest BCUT2D eigenvalue weighted by Crippen LogP contribution is 2.50. The molecule has 2 aromatic carbocycles. The zero-order chi connectivity index (χ0) is 22.2. The number of anilines is 1. The fourth-order valence-corrected chi connectivity index (χ4v) is 3.45. The van der Waals surface area contributed by atoms with Crippen molar-refractivity contribution < 1.29 is 27.4 Å². The zero-order valence-electron chi connectivity index (χ0n) is 17.3. The normalized spacial score (nSPS) is 14.1. The molecule has 0 unspecified atom stereocenters. The van der Waals surface area contributed by atoms with Gasteiger partial charge in [0.05, 0.1) is 17.2 Å². The molecule has 1 fully saturated rings. The van der Waals surface area contributed by atoms with Gasteiger partial charge in [0, 0.05) is 18.0 Å². The third-order valence-electron chi connectivity index (χ3n) is 5.02. The summed E-state index contributed by atoms with van der Waals surface area (Å²) in [5.41, 5.74) is 0.367. The fraction of sp³-hybridized carbons (Fsp3) is 0.333. The van der Waals surface area contributed by atoms with E-state index in [-0.39, 0.29) is 40.3 Å². The summed E-state index contributed by atoms with van der Waals surface area (Å²) in [5.74, 6) is 0.0577. The third kappa shape index (κ3) is 4.65. The van der Waals surface area contributed by atoms with Crippen LogP contribution >= 0.6 is 0 Å². The molecule has 4 rings (SSSR count). The van der Waals surface area contributed by atoms with Gasteiger partial charge in [-0.1, -0.05) is 42.5 Å². The van der Waals surface area contributed by atoms with Gasteiger partial charge in [0.15, 0.2) is 11.5 Å². The second kappa shape index (κ2) is 8.21. The topological polar surface area (TPSA) is 54.6 Å². The molecular formula is C24H24F3NO3. The number of ether oxygens (including phenoxy) is 1. The van der Waals surface area contributed by atoms with Crippen LogP contribution in [0.3, 0.4) is 0 Å². The number of furan rings is 1. The highest BCUT2D eigenvalue weighted by atomic mass is 19.4. The minimum absolute atomic E-state index is 0.146. The van der Waals surface area contributed by atoms with Gasteiger partial charge in [0.25, 0.3) is 0 Å². The maximum atomic E-state index is 13.7. The third-order valence-corrected chi connectivity index (χ3v) is 5.02. The molecule has 0 saturated heterocycles. The minimum Gasteiger partial charge on any atom is -0.504 e. The Hall–Kier alpha value is -3.09. The molecule has 3 aromatic rings. The lowest BCUT2D eigenvalue weighted by Gasteiger charge is -2.20. The molecule has 4 nitrogen and oxygen atoms in total. The summed E-state index contributed by atoms with van der Waals surface area (Å²) in [6.45, 7) is 3.33. The molecule has 0 atom stereocenters. The van der Waals surface area contributed by atoms with E-state index in [9.17, 15) is 18.3 Å². The van der Waals surface area contributed by atoms with E-state index in [0.717, 1.165) is 24.5 Å². The van der Waals surface area contributed by atoms with E-state index in [0.29, 0.717) is 6.42 Å². The quantitative estimate of drug-likeness (QED) is 0.441. The van der Waals surface area contributed by atoms with E-state index in [1.54, 1.807) is 13.8 Å². The van der Waals surface area contributed by atoms with E-state index in [1.165, 1.54) is 12.1 Å². The average Bonchev–Trinajstić information content (AvgIpc) is 3.46. The summed E-state index contributed by atoms with van der Waals surface area (Å²) < 4.78 is 52.7. The molecule has 0 spiro atoms. The molecule has 1 aromatic heterocycles. The Morgan fingerprint density at radius 3 is 2.42 bits per heavy atom. The average molecular weight is 431 g/mol. The molecule has 0 aliphatic heterocycles. The number of rotatable bonds is 7. The van der Waals surface area contributed by atoms with Crippen molar-refractivity contribution in [1.29, 1.82) is 0 Å². The summed E-state index contributed by atoms with van der Waals surface area (Å²) in [7, 11) is 0. The molecule has 1 aliphatic carbocycles. The van der Waals surface area contributed by atoms with Crippen molar-refractivity contribution >= 4 is 5.88 Å². The number of hydrogen-bond acceptors (Lipinski definition) is 4. The largest absolute Gasteiger partial charge is 0.504 e. The van der Waals surface area contributed by atoms with Gasteiger partial charge in [-0.2, -0.15) is 13.2 Å². The van der Waals surface area contributed by atoms with E-state index >= 15 is 0 Å². The van der Waals surface area contributed by atoms with Crippen molar-refractivity contribution in [1.82, 2.24) is 0 Å². The first-order valence-corrected chi connectivity index (χ1v) is 10.3. The summed E-state index contributed by atoms with van der Waals surface area (Å²) in [5, 5.41) is 14.2. The lowest BCUT2D eigenvalue weighted by molar-refractivity contribution is -0.139. The lowest BCUT2D eigenvalue weighted by atomic mass is 10.00. The maximum absolute atomic E-state index is 13.7. The Morgan fingerprint density at radius 1 is 1.10 bits per heavy atom. The van der Waals surface area contributed by atoms with Crippen LogP contribution in [0.1, 0.15) is 43.6 Å². The molecule has 164 valence electrons. The van der Waals surface area contributed by atoms with Crippen LogP contribution in [0.25, 0.3) is 11.1 Å². The molecule has 0 radical (unpaired) electrons. The number of halogens is 3. The first-order valence-electron chi connectivity index (χ1n) is 10.3. The SMILES string of the molecule is CC(C)Oc1c(-c2c(NC3CC3)oc(Cc3ccccc3)c2O)cccc1C(F)(F)F. The van der Waals surface area contributed by atoms with Crippen LogP contribution in [-0.4, -0.2) is 17.3 Å². The lowest BCUT2D eigenvalue weighted by Crippen LogP contribution is -2.14. The van der Waals surface area contributed by atoms with Crippen LogP contribution < -0.4 is 10.1 Å². The molecule has 0 amide bonds. The van der Waals surface area contributed by atoms with Crippen LogP contribution in [0.15, 0.2) is 52.9 Å². The van der Waals surface area contributed by atoms with E-state index in [4.69, 9.17) is 9.15 Å². The van der Waals surface area contributed by atoms with Gasteiger partial charge in [0.1, 0.15) is 5.75 Å². The number of hydrogen-bond donors (Lipinski definition) is 2.